The highest BCUT2D eigenvalue weighted by molar-refractivity contribution is 5.40. The molecule has 0 aliphatic carbocycles. The van der Waals surface area contributed by atoms with E-state index in [1.807, 2.05) is 17.8 Å². The molecule has 0 aliphatic rings. The fraction of sp³-hybridized carbons (Fsp3) is 0.600. The summed E-state index contributed by atoms with van der Waals surface area (Å²) in [6.45, 7) is 6.12. The van der Waals surface area contributed by atoms with Crippen molar-refractivity contribution in [3.8, 4) is 6.07 Å². The van der Waals surface area contributed by atoms with Gasteiger partial charge in [0.25, 0.3) is 0 Å². The van der Waals surface area contributed by atoms with Gasteiger partial charge in [-0.05, 0) is 20.3 Å². The quantitative estimate of drug-likeness (QED) is 0.795. The molecule has 14 heavy (non-hydrogen) atoms. The van der Waals surface area contributed by atoms with Gasteiger partial charge in [0.2, 0.25) is 0 Å². The molecule has 1 atom stereocenters. The van der Waals surface area contributed by atoms with Gasteiger partial charge in [0.05, 0.1) is 18.0 Å². The van der Waals surface area contributed by atoms with Gasteiger partial charge in [0.1, 0.15) is 6.04 Å². The number of rotatable bonds is 4. The lowest BCUT2D eigenvalue weighted by atomic mass is 10.2. The Bertz CT molecular complexity index is 321. The summed E-state index contributed by atoms with van der Waals surface area (Å²) in [5.74, 6) is 0. The zero-order valence-corrected chi connectivity index (χ0v) is 8.86. The van der Waals surface area contributed by atoms with Crippen LogP contribution in [0.3, 0.4) is 0 Å². The van der Waals surface area contributed by atoms with Gasteiger partial charge in [0.15, 0.2) is 0 Å². The lowest BCUT2D eigenvalue weighted by Gasteiger charge is -2.07. The van der Waals surface area contributed by atoms with Crippen LogP contribution in [0.2, 0.25) is 0 Å². The summed E-state index contributed by atoms with van der Waals surface area (Å²) in [6, 6.07) is 2.42. The van der Waals surface area contributed by atoms with Gasteiger partial charge in [0, 0.05) is 12.2 Å². The van der Waals surface area contributed by atoms with Gasteiger partial charge in [-0.1, -0.05) is 6.92 Å². The molecule has 1 heterocycles. The zero-order valence-electron chi connectivity index (χ0n) is 8.86. The maximum atomic E-state index is 8.76. The standard InChI is InChI=1S/C10H16N4/c1-4-9(5-11)13-10-6-12-14(7-10)8(2)3/h6-9,13H,4H2,1-3H3. The summed E-state index contributed by atoms with van der Waals surface area (Å²) in [4.78, 5) is 0. The topological polar surface area (TPSA) is 53.6 Å². The van der Waals surface area contributed by atoms with E-state index in [2.05, 4.69) is 30.3 Å². The van der Waals surface area contributed by atoms with Crippen LogP contribution >= 0.6 is 0 Å². The van der Waals surface area contributed by atoms with Crippen molar-refractivity contribution in [1.29, 1.82) is 5.26 Å². The molecule has 76 valence electrons. The van der Waals surface area contributed by atoms with Crippen LogP contribution in [0.25, 0.3) is 0 Å². The van der Waals surface area contributed by atoms with Crippen molar-refractivity contribution >= 4 is 5.69 Å². The van der Waals surface area contributed by atoms with Crippen molar-refractivity contribution in [1.82, 2.24) is 9.78 Å². The smallest absolute Gasteiger partial charge is 0.114 e. The van der Waals surface area contributed by atoms with E-state index in [0.717, 1.165) is 12.1 Å². The molecular weight excluding hydrogens is 176 g/mol. The molecule has 1 aromatic heterocycles. The van der Waals surface area contributed by atoms with Crippen molar-refractivity contribution in [3.05, 3.63) is 12.4 Å². The van der Waals surface area contributed by atoms with Gasteiger partial charge >= 0.3 is 0 Å². The molecule has 0 aliphatic heterocycles. The Morgan fingerprint density at radius 3 is 2.79 bits per heavy atom. The highest BCUT2D eigenvalue weighted by atomic mass is 15.3. The van der Waals surface area contributed by atoms with Gasteiger partial charge in [-0.3, -0.25) is 4.68 Å². The van der Waals surface area contributed by atoms with Crippen LogP contribution in [0.4, 0.5) is 5.69 Å². The first kappa shape index (κ1) is 10.6. The number of hydrogen-bond acceptors (Lipinski definition) is 3. The third-order valence-corrected chi connectivity index (χ3v) is 2.04. The second-order valence-electron chi connectivity index (χ2n) is 3.54. The number of nitrogens with zero attached hydrogens (tertiary/aromatic N) is 3. The summed E-state index contributed by atoms with van der Waals surface area (Å²) >= 11 is 0. The molecule has 0 saturated carbocycles. The van der Waals surface area contributed by atoms with E-state index < -0.39 is 0 Å². The Morgan fingerprint density at radius 2 is 2.36 bits per heavy atom. The highest BCUT2D eigenvalue weighted by Gasteiger charge is 2.06. The van der Waals surface area contributed by atoms with Gasteiger partial charge < -0.3 is 5.32 Å². The van der Waals surface area contributed by atoms with E-state index >= 15 is 0 Å². The molecule has 4 heteroatoms. The van der Waals surface area contributed by atoms with Crippen LogP contribution in [0, 0.1) is 11.3 Å². The minimum absolute atomic E-state index is 0.125. The first-order valence-corrected chi connectivity index (χ1v) is 4.87. The van der Waals surface area contributed by atoms with Crippen LogP contribution in [-0.4, -0.2) is 15.8 Å². The SMILES string of the molecule is CCC(C#N)Nc1cnn(C(C)C)c1. The summed E-state index contributed by atoms with van der Waals surface area (Å²) in [5.41, 5.74) is 0.909. The van der Waals surface area contributed by atoms with Crippen LogP contribution in [0.15, 0.2) is 12.4 Å². The molecule has 0 aromatic carbocycles. The Labute approximate surface area is 84.5 Å². The lowest BCUT2D eigenvalue weighted by molar-refractivity contribution is 0.532. The predicted molar refractivity (Wildman–Crippen MR) is 55.9 cm³/mol. The number of hydrogen-bond donors (Lipinski definition) is 1. The van der Waals surface area contributed by atoms with Crippen molar-refractivity contribution in [3.63, 3.8) is 0 Å². The molecule has 1 unspecified atom stereocenters. The Morgan fingerprint density at radius 1 is 1.64 bits per heavy atom. The molecule has 0 saturated heterocycles. The van der Waals surface area contributed by atoms with Crippen LogP contribution < -0.4 is 5.32 Å². The molecule has 1 rings (SSSR count). The molecular formula is C10H16N4. The minimum Gasteiger partial charge on any atom is -0.367 e. The third kappa shape index (κ3) is 2.49. The summed E-state index contributed by atoms with van der Waals surface area (Å²) in [6.07, 6.45) is 4.47. The molecule has 4 nitrogen and oxygen atoms in total. The zero-order chi connectivity index (χ0) is 10.6. The lowest BCUT2D eigenvalue weighted by Crippen LogP contribution is -2.15. The number of aromatic nitrogens is 2. The molecule has 0 fully saturated rings. The summed E-state index contributed by atoms with van der Waals surface area (Å²) in [5, 5.41) is 16.1. The van der Waals surface area contributed by atoms with E-state index in [1.54, 1.807) is 6.20 Å². The van der Waals surface area contributed by atoms with E-state index in [-0.39, 0.29) is 6.04 Å². The summed E-state index contributed by atoms with van der Waals surface area (Å²) < 4.78 is 1.87. The average Bonchev–Trinajstić information content (AvgIpc) is 2.62. The molecule has 0 bridgehead atoms. The normalized spacial score (nSPS) is 12.5. The van der Waals surface area contributed by atoms with Crippen molar-refractivity contribution in [2.24, 2.45) is 0 Å². The maximum Gasteiger partial charge on any atom is 0.114 e. The monoisotopic (exact) mass is 192 g/mol. The first-order valence-electron chi connectivity index (χ1n) is 4.87. The maximum absolute atomic E-state index is 8.76. The molecule has 0 amide bonds. The second kappa shape index (κ2) is 4.66. The van der Waals surface area contributed by atoms with Crippen LogP contribution in [0.1, 0.15) is 33.2 Å². The minimum atomic E-state index is -0.125. The summed E-state index contributed by atoms with van der Waals surface area (Å²) in [7, 11) is 0. The predicted octanol–water partition coefficient (Wildman–Crippen LogP) is 2.18. The number of nitriles is 1. The van der Waals surface area contributed by atoms with Crippen molar-refractivity contribution < 1.29 is 0 Å². The average molecular weight is 192 g/mol. The second-order valence-corrected chi connectivity index (χ2v) is 3.54. The number of anilines is 1. The van der Waals surface area contributed by atoms with Crippen molar-refractivity contribution in [2.75, 3.05) is 5.32 Å². The number of nitrogens with one attached hydrogen (secondary N) is 1. The Kier molecular flexibility index (Phi) is 3.52. The highest BCUT2D eigenvalue weighted by Crippen LogP contribution is 2.11. The van der Waals surface area contributed by atoms with E-state index in [1.165, 1.54) is 0 Å². The van der Waals surface area contributed by atoms with Gasteiger partial charge in [-0.25, -0.2) is 0 Å². The van der Waals surface area contributed by atoms with Gasteiger partial charge in [-0.2, -0.15) is 10.4 Å². The molecule has 0 spiro atoms. The fourth-order valence-corrected chi connectivity index (χ4v) is 1.12. The van der Waals surface area contributed by atoms with E-state index in [4.69, 9.17) is 5.26 Å². The Balaban J connectivity index is 2.64. The molecule has 0 radical (unpaired) electrons. The first-order chi connectivity index (χ1) is 6.67. The molecule has 1 aromatic rings. The van der Waals surface area contributed by atoms with E-state index in [0.29, 0.717) is 6.04 Å². The Hall–Kier alpha value is -1.50. The van der Waals surface area contributed by atoms with Crippen LogP contribution in [-0.2, 0) is 0 Å². The van der Waals surface area contributed by atoms with Crippen LogP contribution in [0.5, 0.6) is 0 Å². The third-order valence-electron chi connectivity index (χ3n) is 2.04. The molecule has 1 N–H and O–H groups in total. The largest absolute Gasteiger partial charge is 0.367 e. The fourth-order valence-electron chi connectivity index (χ4n) is 1.12. The van der Waals surface area contributed by atoms with Crippen molar-refractivity contribution in [2.45, 2.75) is 39.3 Å². The van der Waals surface area contributed by atoms with Gasteiger partial charge in [-0.15, -0.1) is 0 Å². The van der Waals surface area contributed by atoms with E-state index in [9.17, 15) is 0 Å².